The molecule has 2 aromatic carbocycles. The minimum absolute atomic E-state index is 0.294. The molecular formula is C20H19Cl2N3O4. The first-order valence-corrected chi connectivity index (χ1v) is 9.29. The van der Waals surface area contributed by atoms with Gasteiger partial charge in [-0.2, -0.15) is 5.10 Å². The van der Waals surface area contributed by atoms with Crippen molar-refractivity contribution in [3.63, 3.8) is 0 Å². The van der Waals surface area contributed by atoms with Gasteiger partial charge < -0.3 is 19.5 Å². The third kappa shape index (κ3) is 4.58. The average molecular weight is 436 g/mol. The maximum Gasteiger partial charge on any atom is 0.260 e. The van der Waals surface area contributed by atoms with Crippen molar-refractivity contribution in [2.45, 2.75) is 6.54 Å². The number of carbonyl (C=O) groups is 1. The highest BCUT2D eigenvalue weighted by Crippen LogP contribution is 2.35. The number of rotatable bonds is 7. The Balaban J connectivity index is 1.86. The summed E-state index contributed by atoms with van der Waals surface area (Å²) < 4.78 is 17.5. The molecule has 0 aliphatic rings. The number of methoxy groups -OCH3 is 3. The zero-order chi connectivity index (χ0) is 21.0. The van der Waals surface area contributed by atoms with Crippen LogP contribution >= 0.6 is 23.2 Å². The van der Waals surface area contributed by atoms with Crippen LogP contribution in [0.5, 0.6) is 17.2 Å². The maximum absolute atomic E-state index is 12.9. The summed E-state index contributed by atoms with van der Waals surface area (Å²) in [7, 11) is 4.49. The van der Waals surface area contributed by atoms with Crippen LogP contribution in [0.1, 0.15) is 15.9 Å². The van der Waals surface area contributed by atoms with Crippen LogP contribution in [0.3, 0.4) is 0 Å². The largest absolute Gasteiger partial charge is 0.496 e. The van der Waals surface area contributed by atoms with E-state index in [0.29, 0.717) is 45.2 Å². The van der Waals surface area contributed by atoms with Gasteiger partial charge in [0.1, 0.15) is 11.6 Å². The van der Waals surface area contributed by atoms with Gasteiger partial charge in [0.15, 0.2) is 11.5 Å². The fourth-order valence-electron chi connectivity index (χ4n) is 2.77. The molecule has 3 rings (SSSR count). The van der Waals surface area contributed by atoms with Gasteiger partial charge >= 0.3 is 0 Å². The summed E-state index contributed by atoms with van der Waals surface area (Å²) in [6.07, 6.45) is 1.59. The Morgan fingerprint density at radius 3 is 2.34 bits per heavy atom. The molecule has 0 fully saturated rings. The Morgan fingerprint density at radius 1 is 1.00 bits per heavy atom. The highest BCUT2D eigenvalue weighted by atomic mass is 35.5. The monoisotopic (exact) mass is 435 g/mol. The lowest BCUT2D eigenvalue weighted by Gasteiger charge is -2.15. The van der Waals surface area contributed by atoms with E-state index in [9.17, 15) is 4.79 Å². The zero-order valence-corrected chi connectivity index (χ0v) is 17.5. The van der Waals surface area contributed by atoms with Crippen molar-refractivity contribution >= 4 is 34.9 Å². The quantitative estimate of drug-likeness (QED) is 0.590. The second-order valence-corrected chi connectivity index (χ2v) is 6.82. The number of carbonyl (C=O) groups excluding carboxylic acids is 1. The molecule has 0 unspecified atom stereocenters. The summed E-state index contributed by atoms with van der Waals surface area (Å²) in [5.41, 5.74) is 1.11. The predicted octanol–water partition coefficient (Wildman–Crippen LogP) is 4.52. The number of anilines is 1. The van der Waals surface area contributed by atoms with E-state index in [0.717, 1.165) is 5.56 Å². The van der Waals surface area contributed by atoms with Crippen LogP contribution in [-0.4, -0.2) is 37.0 Å². The summed E-state index contributed by atoms with van der Waals surface area (Å²) >= 11 is 12.2. The van der Waals surface area contributed by atoms with Gasteiger partial charge in [0, 0.05) is 28.2 Å². The minimum atomic E-state index is -0.383. The van der Waals surface area contributed by atoms with E-state index >= 15 is 0 Å². The molecule has 9 heteroatoms. The van der Waals surface area contributed by atoms with Gasteiger partial charge in [0.2, 0.25) is 0 Å². The third-order valence-corrected chi connectivity index (χ3v) is 4.83. The molecule has 1 amide bonds. The van der Waals surface area contributed by atoms with Gasteiger partial charge in [0.05, 0.1) is 39.6 Å². The van der Waals surface area contributed by atoms with Crippen LogP contribution in [0.2, 0.25) is 10.0 Å². The number of hydrogen-bond acceptors (Lipinski definition) is 5. The van der Waals surface area contributed by atoms with E-state index in [1.54, 1.807) is 41.2 Å². The first-order valence-electron chi connectivity index (χ1n) is 8.54. The smallest absolute Gasteiger partial charge is 0.260 e. The molecule has 0 atom stereocenters. The Morgan fingerprint density at radius 2 is 1.69 bits per heavy atom. The summed E-state index contributed by atoms with van der Waals surface area (Å²) in [4.78, 5) is 12.9. The highest BCUT2D eigenvalue weighted by molar-refractivity contribution is 6.35. The maximum atomic E-state index is 12.9. The Kier molecular flexibility index (Phi) is 6.51. The molecule has 152 valence electrons. The molecule has 0 aliphatic carbocycles. The van der Waals surface area contributed by atoms with Gasteiger partial charge in [-0.15, -0.1) is 0 Å². The van der Waals surface area contributed by atoms with Gasteiger partial charge in [0.25, 0.3) is 5.91 Å². The van der Waals surface area contributed by atoms with Crippen molar-refractivity contribution in [2.75, 3.05) is 26.6 Å². The van der Waals surface area contributed by atoms with E-state index in [-0.39, 0.29) is 5.91 Å². The number of halogens is 2. The standard InChI is InChI=1S/C20H19Cl2N3O4/c1-27-16-10-18(29-3)17(28-2)9-14(16)20(26)24-19-6-7-23-25(19)11-12-4-5-13(21)8-15(12)22/h4-10H,11H2,1-3H3,(H,24,26). The van der Waals surface area contributed by atoms with Crippen LogP contribution in [-0.2, 0) is 6.54 Å². The molecule has 29 heavy (non-hydrogen) atoms. The van der Waals surface area contributed by atoms with Gasteiger partial charge in [-0.1, -0.05) is 29.3 Å². The van der Waals surface area contributed by atoms with Gasteiger partial charge in [-0.05, 0) is 17.7 Å². The summed E-state index contributed by atoms with van der Waals surface area (Å²) in [5.74, 6) is 1.35. The Bertz CT molecular complexity index is 1040. The molecule has 1 heterocycles. The second-order valence-electron chi connectivity index (χ2n) is 5.97. The Labute approximate surface area is 178 Å². The molecule has 0 radical (unpaired) electrons. The van der Waals surface area contributed by atoms with Crippen molar-refractivity contribution in [2.24, 2.45) is 0 Å². The molecule has 0 aliphatic heterocycles. The molecule has 0 spiro atoms. The van der Waals surface area contributed by atoms with Crippen molar-refractivity contribution in [1.29, 1.82) is 0 Å². The van der Waals surface area contributed by atoms with E-state index < -0.39 is 0 Å². The zero-order valence-electron chi connectivity index (χ0n) is 16.0. The topological polar surface area (TPSA) is 74.6 Å². The van der Waals surface area contributed by atoms with Crippen LogP contribution < -0.4 is 19.5 Å². The number of benzene rings is 2. The number of ether oxygens (including phenoxy) is 3. The lowest BCUT2D eigenvalue weighted by molar-refractivity contribution is 0.102. The van der Waals surface area contributed by atoms with E-state index in [4.69, 9.17) is 37.4 Å². The molecule has 0 saturated carbocycles. The van der Waals surface area contributed by atoms with Crippen LogP contribution in [0.4, 0.5) is 5.82 Å². The van der Waals surface area contributed by atoms with Crippen LogP contribution in [0.25, 0.3) is 0 Å². The lowest BCUT2D eigenvalue weighted by Crippen LogP contribution is -2.17. The number of aromatic nitrogens is 2. The first kappa shape index (κ1) is 20.8. The van der Waals surface area contributed by atoms with Crippen LogP contribution in [0.15, 0.2) is 42.6 Å². The second kappa shape index (κ2) is 9.07. The molecule has 0 bridgehead atoms. The number of nitrogens with one attached hydrogen (secondary N) is 1. The third-order valence-electron chi connectivity index (χ3n) is 4.24. The molecular weight excluding hydrogens is 417 g/mol. The van der Waals surface area contributed by atoms with E-state index in [1.807, 2.05) is 6.07 Å². The fraction of sp³-hybridized carbons (Fsp3) is 0.200. The summed E-state index contributed by atoms with van der Waals surface area (Å²) in [5, 5.41) is 8.17. The van der Waals surface area contributed by atoms with Gasteiger partial charge in [-0.25, -0.2) is 4.68 Å². The minimum Gasteiger partial charge on any atom is -0.496 e. The molecule has 1 N–H and O–H groups in total. The van der Waals surface area contributed by atoms with Crippen molar-refractivity contribution in [3.05, 3.63) is 63.8 Å². The predicted molar refractivity (Wildman–Crippen MR) is 112 cm³/mol. The van der Waals surface area contributed by atoms with Crippen molar-refractivity contribution in [3.8, 4) is 17.2 Å². The SMILES string of the molecule is COc1cc(OC)c(C(=O)Nc2ccnn2Cc2ccc(Cl)cc2Cl)cc1OC. The Hall–Kier alpha value is -2.90. The average Bonchev–Trinajstić information content (AvgIpc) is 3.15. The first-order chi connectivity index (χ1) is 14.0. The van der Waals surface area contributed by atoms with Crippen molar-refractivity contribution < 1.29 is 19.0 Å². The molecule has 7 nitrogen and oxygen atoms in total. The fourth-order valence-corrected chi connectivity index (χ4v) is 3.23. The molecule has 1 aromatic heterocycles. The van der Waals surface area contributed by atoms with E-state index in [2.05, 4.69) is 10.4 Å². The van der Waals surface area contributed by atoms with Crippen molar-refractivity contribution in [1.82, 2.24) is 9.78 Å². The van der Waals surface area contributed by atoms with Gasteiger partial charge in [-0.3, -0.25) is 4.79 Å². The summed E-state index contributed by atoms with van der Waals surface area (Å²) in [6, 6.07) is 10.1. The van der Waals surface area contributed by atoms with Crippen LogP contribution in [0, 0.1) is 0 Å². The molecule has 0 saturated heterocycles. The normalized spacial score (nSPS) is 10.5. The number of hydrogen-bond donors (Lipinski definition) is 1. The number of amides is 1. The molecule has 3 aromatic rings. The van der Waals surface area contributed by atoms with E-state index in [1.165, 1.54) is 21.3 Å². The summed E-state index contributed by atoms with van der Waals surface area (Å²) in [6.45, 7) is 0.363. The number of nitrogens with zero attached hydrogens (tertiary/aromatic N) is 2. The lowest BCUT2D eigenvalue weighted by atomic mass is 10.1. The highest BCUT2D eigenvalue weighted by Gasteiger charge is 2.19.